The minimum absolute atomic E-state index is 0.324. The highest BCUT2D eigenvalue weighted by molar-refractivity contribution is 8.00. The summed E-state index contributed by atoms with van der Waals surface area (Å²) in [4.78, 5) is 2.54. The molecule has 0 aromatic heterocycles. The highest BCUT2D eigenvalue weighted by Crippen LogP contribution is 2.29. The highest BCUT2D eigenvalue weighted by atomic mass is 32.2. The zero-order valence-corrected chi connectivity index (χ0v) is 10.7. The maximum Gasteiger partial charge on any atom is 0.0905 e. The van der Waals surface area contributed by atoms with Crippen LogP contribution in [-0.2, 0) is 0 Å². The van der Waals surface area contributed by atoms with E-state index in [9.17, 15) is 0 Å². The molecule has 0 aromatic carbocycles. The molecule has 0 atom stereocenters. The maximum atomic E-state index is 7.14. The fourth-order valence-corrected chi connectivity index (χ4v) is 3.13. The molecular formula is C11H23N3S. The Kier molecular flexibility index (Phi) is 4.93. The number of nitrogens with two attached hydrogens (primary N) is 1. The van der Waals surface area contributed by atoms with Crippen molar-refractivity contribution in [2.75, 3.05) is 25.4 Å². The van der Waals surface area contributed by atoms with Gasteiger partial charge in [0.05, 0.1) is 5.84 Å². The first-order chi connectivity index (χ1) is 6.99. The molecule has 1 aliphatic rings. The predicted molar refractivity (Wildman–Crippen MR) is 68.7 cm³/mol. The van der Waals surface area contributed by atoms with Crippen molar-refractivity contribution in [2.45, 2.75) is 37.9 Å². The Morgan fingerprint density at radius 3 is 2.80 bits per heavy atom. The molecule has 0 unspecified atom stereocenters. The molecule has 88 valence electrons. The van der Waals surface area contributed by atoms with Crippen LogP contribution in [0.5, 0.6) is 0 Å². The maximum absolute atomic E-state index is 7.14. The van der Waals surface area contributed by atoms with Crippen LogP contribution in [-0.4, -0.2) is 40.9 Å². The first-order valence-electron chi connectivity index (χ1n) is 5.69. The molecular weight excluding hydrogens is 206 g/mol. The van der Waals surface area contributed by atoms with Gasteiger partial charge < -0.3 is 10.6 Å². The highest BCUT2D eigenvalue weighted by Gasteiger charge is 2.26. The first kappa shape index (κ1) is 12.8. The summed E-state index contributed by atoms with van der Waals surface area (Å²) in [7, 11) is 0. The Bertz CT molecular complexity index is 216. The van der Waals surface area contributed by atoms with Crippen molar-refractivity contribution in [3.63, 3.8) is 0 Å². The third kappa shape index (κ3) is 5.42. The number of nitrogens with zero attached hydrogens (tertiary/aromatic N) is 1. The van der Waals surface area contributed by atoms with Crippen molar-refractivity contribution in [2.24, 2.45) is 5.73 Å². The molecule has 1 rings (SSSR count). The van der Waals surface area contributed by atoms with E-state index in [1.807, 2.05) is 0 Å². The summed E-state index contributed by atoms with van der Waals surface area (Å²) in [6.07, 6.45) is 2.98. The molecule has 15 heavy (non-hydrogen) atoms. The van der Waals surface area contributed by atoms with Gasteiger partial charge in [-0.25, -0.2) is 0 Å². The Balaban J connectivity index is 2.13. The third-order valence-corrected chi connectivity index (χ3v) is 3.97. The monoisotopic (exact) mass is 229 g/mol. The summed E-state index contributed by atoms with van der Waals surface area (Å²) >= 11 is 2.07. The quantitative estimate of drug-likeness (QED) is 0.430. The zero-order chi connectivity index (χ0) is 11.3. The van der Waals surface area contributed by atoms with Gasteiger partial charge >= 0.3 is 0 Å². The number of amidine groups is 1. The summed E-state index contributed by atoms with van der Waals surface area (Å²) < 4.78 is 0.416. The van der Waals surface area contributed by atoms with Crippen LogP contribution in [0.4, 0.5) is 0 Å². The van der Waals surface area contributed by atoms with Crippen LogP contribution in [0.15, 0.2) is 0 Å². The van der Waals surface area contributed by atoms with Gasteiger partial charge in [0.1, 0.15) is 0 Å². The number of nitrogens with one attached hydrogen (secondary N) is 1. The van der Waals surface area contributed by atoms with Crippen molar-refractivity contribution >= 4 is 17.6 Å². The minimum Gasteiger partial charge on any atom is -0.388 e. The number of hydrogen-bond donors (Lipinski definition) is 2. The average molecular weight is 229 g/mol. The lowest BCUT2D eigenvalue weighted by molar-refractivity contribution is 0.256. The summed E-state index contributed by atoms with van der Waals surface area (Å²) in [5.41, 5.74) is 5.32. The van der Waals surface area contributed by atoms with Gasteiger partial charge in [0.15, 0.2) is 0 Å². The van der Waals surface area contributed by atoms with Crippen LogP contribution in [0, 0.1) is 5.41 Å². The van der Waals surface area contributed by atoms with Gasteiger partial charge in [0.25, 0.3) is 0 Å². The molecule has 4 heteroatoms. The molecule has 1 heterocycles. The van der Waals surface area contributed by atoms with E-state index in [0.29, 0.717) is 10.6 Å². The summed E-state index contributed by atoms with van der Waals surface area (Å²) in [5.74, 6) is 1.57. The van der Waals surface area contributed by atoms with Crippen molar-refractivity contribution in [3.8, 4) is 0 Å². The van der Waals surface area contributed by atoms with Crippen LogP contribution in [0.25, 0.3) is 0 Å². The first-order valence-corrected chi connectivity index (χ1v) is 6.67. The number of hydrogen-bond acceptors (Lipinski definition) is 3. The molecule has 0 spiro atoms. The van der Waals surface area contributed by atoms with Crippen molar-refractivity contribution in [1.82, 2.24) is 4.90 Å². The van der Waals surface area contributed by atoms with E-state index < -0.39 is 0 Å². The molecule has 0 aliphatic carbocycles. The van der Waals surface area contributed by atoms with E-state index in [1.165, 1.54) is 25.3 Å². The Morgan fingerprint density at radius 1 is 1.47 bits per heavy atom. The molecule has 0 aromatic rings. The minimum atomic E-state index is 0.324. The van der Waals surface area contributed by atoms with E-state index in [2.05, 4.69) is 30.5 Å². The van der Waals surface area contributed by atoms with Crippen LogP contribution in [0.2, 0.25) is 0 Å². The Morgan fingerprint density at radius 2 is 2.20 bits per heavy atom. The lowest BCUT2D eigenvalue weighted by Gasteiger charge is -2.37. The Hall–Kier alpha value is -0.220. The molecule has 1 fully saturated rings. The molecule has 3 N–H and O–H groups in total. The van der Waals surface area contributed by atoms with Crippen LogP contribution < -0.4 is 5.73 Å². The molecule has 3 nitrogen and oxygen atoms in total. The number of unbranched alkanes of at least 4 members (excludes halogenated alkanes) is 1. The fourth-order valence-electron chi connectivity index (χ4n) is 1.96. The molecule has 1 saturated heterocycles. The summed E-state index contributed by atoms with van der Waals surface area (Å²) in [6.45, 7) is 8.21. The molecule has 1 aliphatic heterocycles. The average Bonchev–Trinajstić information content (AvgIpc) is 2.10. The van der Waals surface area contributed by atoms with Crippen LogP contribution in [0.1, 0.15) is 33.1 Å². The second kappa shape index (κ2) is 5.75. The predicted octanol–water partition coefficient (Wildman–Crippen LogP) is 1.92. The van der Waals surface area contributed by atoms with Gasteiger partial charge in [-0.05, 0) is 33.2 Å². The number of thioether (sulfide) groups is 1. The SMILES string of the molecule is CC1(C)CN(CCCCC(=N)N)CCS1. The van der Waals surface area contributed by atoms with Gasteiger partial charge in [-0.1, -0.05) is 0 Å². The van der Waals surface area contributed by atoms with E-state index >= 15 is 0 Å². The van der Waals surface area contributed by atoms with E-state index in [1.54, 1.807) is 0 Å². The standard InChI is InChI=1S/C11H23N3S/c1-11(2)9-14(7-8-15-11)6-4-3-5-10(12)13/h3-9H2,1-2H3,(H3,12,13). The third-order valence-electron chi connectivity index (χ3n) is 2.68. The van der Waals surface area contributed by atoms with Gasteiger partial charge in [0.2, 0.25) is 0 Å². The smallest absolute Gasteiger partial charge is 0.0905 e. The second-order valence-electron chi connectivity index (χ2n) is 4.87. The van der Waals surface area contributed by atoms with Crippen molar-refractivity contribution in [1.29, 1.82) is 5.41 Å². The van der Waals surface area contributed by atoms with Crippen LogP contribution in [0.3, 0.4) is 0 Å². The van der Waals surface area contributed by atoms with Gasteiger partial charge in [-0.15, -0.1) is 0 Å². The normalized spacial score (nSPS) is 21.5. The lowest BCUT2D eigenvalue weighted by atomic mass is 10.1. The van der Waals surface area contributed by atoms with Gasteiger partial charge in [-0.2, -0.15) is 11.8 Å². The molecule has 0 radical (unpaired) electrons. The van der Waals surface area contributed by atoms with E-state index in [-0.39, 0.29) is 0 Å². The summed E-state index contributed by atoms with van der Waals surface area (Å²) in [6, 6.07) is 0. The molecule has 0 saturated carbocycles. The van der Waals surface area contributed by atoms with Crippen molar-refractivity contribution in [3.05, 3.63) is 0 Å². The fraction of sp³-hybridized carbons (Fsp3) is 0.909. The molecule has 0 amide bonds. The van der Waals surface area contributed by atoms with Gasteiger partial charge in [-0.3, -0.25) is 5.41 Å². The number of rotatable bonds is 5. The summed E-state index contributed by atoms with van der Waals surface area (Å²) in [5, 5.41) is 7.14. The van der Waals surface area contributed by atoms with Crippen molar-refractivity contribution < 1.29 is 0 Å². The van der Waals surface area contributed by atoms with E-state index in [4.69, 9.17) is 11.1 Å². The van der Waals surface area contributed by atoms with E-state index in [0.717, 1.165) is 19.4 Å². The topological polar surface area (TPSA) is 53.1 Å². The van der Waals surface area contributed by atoms with Gasteiger partial charge in [0, 0.05) is 30.0 Å². The lowest BCUT2D eigenvalue weighted by Crippen LogP contribution is -2.43. The van der Waals surface area contributed by atoms with Crippen LogP contribution >= 0.6 is 11.8 Å². The zero-order valence-electron chi connectivity index (χ0n) is 9.88. The largest absolute Gasteiger partial charge is 0.388 e. The second-order valence-corrected chi connectivity index (χ2v) is 6.67. The Labute approximate surface area is 97.3 Å². The molecule has 0 bridgehead atoms.